The van der Waals surface area contributed by atoms with Crippen molar-refractivity contribution in [1.82, 2.24) is 14.9 Å². The predicted molar refractivity (Wildman–Crippen MR) is 89.1 cm³/mol. The minimum atomic E-state index is 0.655. The highest BCUT2D eigenvalue weighted by atomic mass is 15.3. The summed E-state index contributed by atoms with van der Waals surface area (Å²) in [5.41, 5.74) is 1.25. The summed E-state index contributed by atoms with van der Waals surface area (Å²) in [5.74, 6) is 2.12. The third-order valence-electron chi connectivity index (χ3n) is 4.41. The molecule has 2 rings (SSSR count). The van der Waals surface area contributed by atoms with Gasteiger partial charge in [0.05, 0.1) is 0 Å². The quantitative estimate of drug-likeness (QED) is 0.835. The van der Waals surface area contributed by atoms with E-state index in [1.165, 1.54) is 12.0 Å². The smallest absolute Gasteiger partial charge is 0.137 e. The zero-order chi connectivity index (χ0) is 15.2. The summed E-state index contributed by atoms with van der Waals surface area (Å²) in [6, 6.07) is 0.655. The molecule has 1 saturated heterocycles. The highest BCUT2D eigenvalue weighted by Gasteiger charge is 2.28. The lowest BCUT2D eigenvalue weighted by molar-refractivity contribution is 0.232. The molecule has 0 bridgehead atoms. The molecule has 0 saturated carbocycles. The van der Waals surface area contributed by atoms with Crippen molar-refractivity contribution in [3.8, 4) is 0 Å². The van der Waals surface area contributed by atoms with Crippen LogP contribution in [0.5, 0.6) is 0 Å². The molecule has 1 N–H and O–H groups in total. The van der Waals surface area contributed by atoms with E-state index in [1.807, 2.05) is 0 Å². The second-order valence-corrected chi connectivity index (χ2v) is 5.52. The van der Waals surface area contributed by atoms with Crippen LogP contribution in [0.1, 0.15) is 39.7 Å². The topological polar surface area (TPSA) is 44.3 Å². The third-order valence-corrected chi connectivity index (χ3v) is 4.41. The van der Waals surface area contributed by atoms with Gasteiger partial charge >= 0.3 is 0 Å². The van der Waals surface area contributed by atoms with Crippen LogP contribution in [-0.2, 0) is 6.42 Å². The first-order chi connectivity index (χ1) is 10.2. The average Bonchev–Trinajstić information content (AvgIpc) is 2.98. The summed E-state index contributed by atoms with van der Waals surface area (Å²) >= 11 is 0. The lowest BCUT2D eigenvalue weighted by Crippen LogP contribution is -2.37. The molecule has 0 amide bonds. The van der Waals surface area contributed by atoms with E-state index in [1.54, 1.807) is 6.33 Å². The molecule has 5 nitrogen and oxygen atoms in total. The zero-order valence-corrected chi connectivity index (χ0v) is 13.9. The molecular weight excluding hydrogens is 262 g/mol. The van der Waals surface area contributed by atoms with Crippen LogP contribution in [-0.4, -0.2) is 53.6 Å². The van der Waals surface area contributed by atoms with Gasteiger partial charge in [0.15, 0.2) is 0 Å². The van der Waals surface area contributed by atoms with Crippen molar-refractivity contribution in [2.24, 2.45) is 0 Å². The van der Waals surface area contributed by atoms with Crippen LogP contribution < -0.4 is 10.2 Å². The molecule has 0 aromatic carbocycles. The van der Waals surface area contributed by atoms with Crippen molar-refractivity contribution in [3.05, 3.63) is 11.9 Å². The van der Waals surface area contributed by atoms with Crippen molar-refractivity contribution in [1.29, 1.82) is 0 Å². The summed E-state index contributed by atoms with van der Waals surface area (Å²) in [6.45, 7) is 14.1. The predicted octanol–water partition coefficient (Wildman–Crippen LogP) is 2.39. The first-order valence-corrected chi connectivity index (χ1v) is 8.31. The SMILES string of the molecule is CCNc1ncnc(N2CCC(N(CC)CC)C2)c1CC. The molecule has 1 aromatic heterocycles. The highest BCUT2D eigenvalue weighted by molar-refractivity contribution is 5.59. The van der Waals surface area contributed by atoms with Crippen molar-refractivity contribution >= 4 is 11.6 Å². The normalized spacial score (nSPS) is 18.5. The molecule has 0 radical (unpaired) electrons. The Hall–Kier alpha value is -1.36. The first-order valence-electron chi connectivity index (χ1n) is 8.31. The van der Waals surface area contributed by atoms with Gasteiger partial charge < -0.3 is 10.2 Å². The Balaban J connectivity index is 2.17. The molecule has 5 heteroatoms. The largest absolute Gasteiger partial charge is 0.370 e. The van der Waals surface area contributed by atoms with Crippen LogP contribution in [0.4, 0.5) is 11.6 Å². The Labute approximate surface area is 128 Å². The lowest BCUT2D eigenvalue weighted by Gasteiger charge is -2.27. The number of hydrogen-bond acceptors (Lipinski definition) is 5. The van der Waals surface area contributed by atoms with Gasteiger partial charge in [-0.15, -0.1) is 0 Å². The number of nitrogens with zero attached hydrogens (tertiary/aromatic N) is 4. The fraction of sp³-hybridized carbons (Fsp3) is 0.750. The Morgan fingerprint density at radius 3 is 2.62 bits per heavy atom. The zero-order valence-electron chi connectivity index (χ0n) is 13.9. The van der Waals surface area contributed by atoms with Crippen LogP contribution in [0, 0.1) is 0 Å². The molecule has 0 aliphatic carbocycles. The van der Waals surface area contributed by atoms with Gasteiger partial charge in [-0.05, 0) is 32.9 Å². The van der Waals surface area contributed by atoms with Gasteiger partial charge in [0, 0.05) is 31.2 Å². The summed E-state index contributed by atoms with van der Waals surface area (Å²) in [4.78, 5) is 14.0. The standard InChI is InChI=1S/C16H29N5/c1-5-14-15(17-6-2)18-12-19-16(14)21-10-9-13(11-21)20(7-3)8-4/h12-13H,5-11H2,1-4H3,(H,17,18,19). The maximum absolute atomic E-state index is 4.58. The number of anilines is 2. The first kappa shape index (κ1) is 16.0. The maximum atomic E-state index is 4.58. The van der Waals surface area contributed by atoms with Crippen LogP contribution >= 0.6 is 0 Å². The van der Waals surface area contributed by atoms with E-state index in [0.29, 0.717) is 6.04 Å². The van der Waals surface area contributed by atoms with E-state index >= 15 is 0 Å². The fourth-order valence-electron chi connectivity index (χ4n) is 3.29. The van der Waals surface area contributed by atoms with Gasteiger partial charge in [-0.2, -0.15) is 0 Å². The van der Waals surface area contributed by atoms with Crippen molar-refractivity contribution in [3.63, 3.8) is 0 Å². The van der Waals surface area contributed by atoms with E-state index < -0.39 is 0 Å². The summed E-state index contributed by atoms with van der Waals surface area (Å²) in [7, 11) is 0. The average molecular weight is 291 g/mol. The Kier molecular flexibility index (Phi) is 5.79. The molecule has 2 heterocycles. The molecule has 1 atom stereocenters. The number of likely N-dealkylation sites (N-methyl/N-ethyl adjacent to an activating group) is 1. The van der Waals surface area contributed by atoms with Gasteiger partial charge in [0.25, 0.3) is 0 Å². The number of aromatic nitrogens is 2. The fourth-order valence-corrected chi connectivity index (χ4v) is 3.29. The number of nitrogens with one attached hydrogen (secondary N) is 1. The second-order valence-electron chi connectivity index (χ2n) is 5.52. The van der Waals surface area contributed by atoms with Gasteiger partial charge in [-0.1, -0.05) is 20.8 Å². The summed E-state index contributed by atoms with van der Waals surface area (Å²) in [5, 5.41) is 3.36. The maximum Gasteiger partial charge on any atom is 0.137 e. The van der Waals surface area contributed by atoms with Crippen LogP contribution in [0.25, 0.3) is 0 Å². The molecule has 1 aromatic rings. The molecule has 0 spiro atoms. The monoisotopic (exact) mass is 291 g/mol. The third kappa shape index (κ3) is 3.46. The second kappa shape index (κ2) is 7.59. The molecule has 1 aliphatic rings. The van der Waals surface area contributed by atoms with Gasteiger partial charge in [-0.3, -0.25) is 4.90 Å². The Bertz CT molecular complexity index is 444. The van der Waals surface area contributed by atoms with Crippen LogP contribution in [0.15, 0.2) is 6.33 Å². The van der Waals surface area contributed by atoms with Crippen LogP contribution in [0.2, 0.25) is 0 Å². The number of hydrogen-bond donors (Lipinski definition) is 1. The van der Waals surface area contributed by atoms with E-state index in [0.717, 1.165) is 50.8 Å². The van der Waals surface area contributed by atoms with Gasteiger partial charge in [0.2, 0.25) is 0 Å². The van der Waals surface area contributed by atoms with E-state index in [-0.39, 0.29) is 0 Å². The molecule has 1 fully saturated rings. The highest BCUT2D eigenvalue weighted by Crippen LogP contribution is 2.28. The Morgan fingerprint density at radius 1 is 1.24 bits per heavy atom. The Morgan fingerprint density at radius 2 is 2.00 bits per heavy atom. The minimum Gasteiger partial charge on any atom is -0.370 e. The van der Waals surface area contributed by atoms with E-state index in [4.69, 9.17) is 0 Å². The van der Waals surface area contributed by atoms with Gasteiger partial charge in [-0.25, -0.2) is 9.97 Å². The number of rotatable bonds is 7. The van der Waals surface area contributed by atoms with Crippen molar-refractivity contribution < 1.29 is 0 Å². The molecule has 1 aliphatic heterocycles. The van der Waals surface area contributed by atoms with E-state index in [2.05, 4.69) is 52.8 Å². The van der Waals surface area contributed by atoms with Crippen molar-refractivity contribution in [2.45, 2.75) is 46.6 Å². The summed E-state index contributed by atoms with van der Waals surface area (Å²) < 4.78 is 0. The molecular formula is C16H29N5. The minimum absolute atomic E-state index is 0.655. The lowest BCUT2D eigenvalue weighted by atomic mass is 10.2. The van der Waals surface area contributed by atoms with E-state index in [9.17, 15) is 0 Å². The molecule has 21 heavy (non-hydrogen) atoms. The van der Waals surface area contributed by atoms with Crippen LogP contribution in [0.3, 0.4) is 0 Å². The molecule has 118 valence electrons. The summed E-state index contributed by atoms with van der Waals surface area (Å²) in [6.07, 6.45) is 3.88. The van der Waals surface area contributed by atoms with Crippen molar-refractivity contribution in [2.75, 3.05) is 42.9 Å². The van der Waals surface area contributed by atoms with Gasteiger partial charge in [0.1, 0.15) is 18.0 Å². The molecule has 1 unspecified atom stereocenters.